The summed E-state index contributed by atoms with van der Waals surface area (Å²) in [6.07, 6.45) is 1.25. The van der Waals surface area contributed by atoms with Gasteiger partial charge in [-0.15, -0.1) is 0 Å². The molecule has 5 aromatic rings. The van der Waals surface area contributed by atoms with Crippen molar-refractivity contribution in [1.29, 1.82) is 0 Å². The molecule has 0 radical (unpaired) electrons. The number of rotatable bonds is 7. The van der Waals surface area contributed by atoms with Gasteiger partial charge in [0, 0.05) is 11.6 Å². The zero-order chi connectivity index (χ0) is 26.5. The molecule has 0 aliphatic carbocycles. The number of nitrogens with one attached hydrogen (secondary N) is 1. The van der Waals surface area contributed by atoms with E-state index in [2.05, 4.69) is 27.8 Å². The van der Waals surface area contributed by atoms with Crippen molar-refractivity contribution in [2.45, 2.75) is 6.92 Å². The summed E-state index contributed by atoms with van der Waals surface area (Å²) in [6.45, 7) is 2.00. The van der Waals surface area contributed by atoms with Gasteiger partial charge in [-0.1, -0.05) is 84.4 Å². The lowest BCUT2D eigenvalue weighted by molar-refractivity contribution is -0.385. The van der Waals surface area contributed by atoms with E-state index in [1.807, 2.05) is 73.7 Å². The number of para-hydroxylation sites is 1. The molecule has 0 unspecified atom stereocenters. The van der Waals surface area contributed by atoms with Crippen LogP contribution in [0, 0.1) is 17.0 Å². The molecule has 5 rings (SSSR count). The summed E-state index contributed by atoms with van der Waals surface area (Å²) in [4.78, 5) is 23.7. The number of amides is 1. The van der Waals surface area contributed by atoms with Gasteiger partial charge in [-0.3, -0.25) is 14.9 Å². The molecule has 38 heavy (non-hydrogen) atoms. The molecule has 1 N–H and O–H groups in total. The summed E-state index contributed by atoms with van der Waals surface area (Å²) in [6, 6.07) is 33.9. The highest BCUT2D eigenvalue weighted by Gasteiger charge is 2.17. The standard InChI is InChI=1S/C30H23N5O3/c1-21-11-17-26(18-12-21)34-29(24-15-13-23(14-16-24)22-7-3-2-4-8-22)19-27(33-34)30(36)32-31-20-25-9-5-6-10-28(25)35(37)38/h2-20H,1H3,(H,32,36)/b31-20-. The lowest BCUT2D eigenvalue weighted by Gasteiger charge is -2.09. The zero-order valence-electron chi connectivity index (χ0n) is 20.5. The molecule has 0 bridgehead atoms. The van der Waals surface area contributed by atoms with E-state index < -0.39 is 10.8 Å². The van der Waals surface area contributed by atoms with E-state index in [0.29, 0.717) is 0 Å². The molecule has 1 heterocycles. The molecular formula is C30H23N5O3. The quantitative estimate of drug-likeness (QED) is 0.163. The first-order chi connectivity index (χ1) is 18.5. The number of nitrogens with zero attached hydrogens (tertiary/aromatic N) is 4. The second-order valence-electron chi connectivity index (χ2n) is 8.62. The minimum Gasteiger partial charge on any atom is -0.265 e. The van der Waals surface area contributed by atoms with Gasteiger partial charge in [-0.05, 0) is 42.3 Å². The molecule has 0 spiro atoms. The third-order valence-corrected chi connectivity index (χ3v) is 6.01. The van der Waals surface area contributed by atoms with Gasteiger partial charge in [0.25, 0.3) is 11.6 Å². The third kappa shape index (κ3) is 5.24. The molecule has 4 aromatic carbocycles. The Morgan fingerprint density at radius 2 is 1.50 bits per heavy atom. The van der Waals surface area contributed by atoms with Crippen LogP contribution in [0.2, 0.25) is 0 Å². The number of carbonyl (C=O) groups is 1. The normalized spacial score (nSPS) is 11.0. The van der Waals surface area contributed by atoms with Crippen molar-refractivity contribution in [3.8, 4) is 28.1 Å². The summed E-state index contributed by atoms with van der Waals surface area (Å²) >= 11 is 0. The lowest BCUT2D eigenvalue weighted by atomic mass is 10.0. The maximum Gasteiger partial charge on any atom is 0.291 e. The Hall–Kier alpha value is -5.37. The van der Waals surface area contributed by atoms with E-state index in [1.54, 1.807) is 28.9 Å². The van der Waals surface area contributed by atoms with Crippen molar-refractivity contribution in [1.82, 2.24) is 15.2 Å². The minimum atomic E-state index is -0.534. The number of carbonyl (C=O) groups excluding carboxylic acids is 1. The minimum absolute atomic E-state index is 0.101. The molecule has 0 fully saturated rings. The Kier molecular flexibility index (Phi) is 6.86. The Morgan fingerprint density at radius 3 is 2.21 bits per heavy atom. The van der Waals surface area contributed by atoms with Gasteiger partial charge in [0.1, 0.15) is 0 Å². The number of aryl methyl sites for hydroxylation is 1. The summed E-state index contributed by atoms with van der Waals surface area (Å²) in [5.74, 6) is -0.534. The SMILES string of the molecule is Cc1ccc(-n2nc(C(=O)N/N=C\c3ccccc3[N+](=O)[O-])cc2-c2ccc(-c3ccccc3)cc2)cc1. The van der Waals surface area contributed by atoms with Crippen LogP contribution in [-0.4, -0.2) is 26.8 Å². The van der Waals surface area contributed by atoms with Gasteiger partial charge in [-0.2, -0.15) is 10.2 Å². The Balaban J connectivity index is 1.45. The van der Waals surface area contributed by atoms with Gasteiger partial charge >= 0.3 is 0 Å². The van der Waals surface area contributed by atoms with E-state index in [1.165, 1.54) is 12.3 Å². The molecule has 1 amide bonds. The van der Waals surface area contributed by atoms with Gasteiger partial charge in [0.05, 0.1) is 28.1 Å². The first-order valence-corrected chi connectivity index (χ1v) is 11.9. The van der Waals surface area contributed by atoms with Crippen molar-refractivity contribution in [2.75, 3.05) is 0 Å². The summed E-state index contributed by atoms with van der Waals surface area (Å²) in [5, 5.41) is 19.7. The van der Waals surface area contributed by atoms with Gasteiger partial charge in [-0.25, -0.2) is 10.1 Å². The Bertz CT molecular complexity index is 1620. The monoisotopic (exact) mass is 501 g/mol. The second-order valence-corrected chi connectivity index (χ2v) is 8.62. The van der Waals surface area contributed by atoms with Crippen LogP contribution >= 0.6 is 0 Å². The number of hydrazone groups is 1. The number of nitro benzene ring substituents is 1. The van der Waals surface area contributed by atoms with Gasteiger partial charge in [0.15, 0.2) is 5.69 Å². The molecule has 0 saturated carbocycles. The molecule has 0 aliphatic rings. The average molecular weight is 502 g/mol. The Labute approximate surface area is 219 Å². The highest BCUT2D eigenvalue weighted by atomic mass is 16.6. The summed E-state index contributed by atoms with van der Waals surface area (Å²) in [7, 11) is 0. The summed E-state index contributed by atoms with van der Waals surface area (Å²) < 4.78 is 1.72. The van der Waals surface area contributed by atoms with E-state index >= 15 is 0 Å². The van der Waals surface area contributed by atoms with E-state index in [4.69, 9.17) is 0 Å². The van der Waals surface area contributed by atoms with Crippen molar-refractivity contribution in [2.24, 2.45) is 5.10 Å². The molecule has 0 aliphatic heterocycles. The van der Waals surface area contributed by atoms with Crippen LogP contribution in [0.15, 0.2) is 114 Å². The van der Waals surface area contributed by atoms with E-state index in [9.17, 15) is 14.9 Å². The molecule has 1 aromatic heterocycles. The average Bonchev–Trinajstić information content (AvgIpc) is 3.40. The first kappa shape index (κ1) is 24.3. The largest absolute Gasteiger partial charge is 0.291 e. The number of benzene rings is 4. The van der Waals surface area contributed by atoms with Crippen LogP contribution in [0.3, 0.4) is 0 Å². The molecule has 0 atom stereocenters. The highest BCUT2D eigenvalue weighted by Crippen LogP contribution is 2.27. The fourth-order valence-electron chi connectivity index (χ4n) is 4.03. The van der Waals surface area contributed by atoms with E-state index in [-0.39, 0.29) is 16.9 Å². The predicted molar refractivity (Wildman–Crippen MR) is 147 cm³/mol. The Morgan fingerprint density at radius 1 is 0.868 bits per heavy atom. The second kappa shape index (κ2) is 10.7. The van der Waals surface area contributed by atoms with Crippen molar-refractivity contribution < 1.29 is 9.72 Å². The fourth-order valence-corrected chi connectivity index (χ4v) is 4.03. The molecule has 186 valence electrons. The predicted octanol–water partition coefficient (Wildman–Crippen LogP) is 6.19. The number of hydrogen-bond donors (Lipinski definition) is 1. The first-order valence-electron chi connectivity index (χ1n) is 11.9. The molecule has 0 saturated heterocycles. The fraction of sp³-hybridized carbons (Fsp3) is 0.0333. The van der Waals surface area contributed by atoms with Gasteiger partial charge < -0.3 is 0 Å². The van der Waals surface area contributed by atoms with Crippen LogP contribution in [-0.2, 0) is 0 Å². The van der Waals surface area contributed by atoms with Crippen LogP contribution in [0.4, 0.5) is 5.69 Å². The smallest absolute Gasteiger partial charge is 0.265 e. The molecule has 8 nitrogen and oxygen atoms in total. The topological polar surface area (TPSA) is 102 Å². The number of nitro groups is 1. The van der Waals surface area contributed by atoms with Crippen LogP contribution < -0.4 is 5.43 Å². The molecular weight excluding hydrogens is 478 g/mol. The maximum atomic E-state index is 12.9. The summed E-state index contributed by atoms with van der Waals surface area (Å²) in [5.41, 5.74) is 8.50. The van der Waals surface area contributed by atoms with Gasteiger partial charge in [0.2, 0.25) is 0 Å². The van der Waals surface area contributed by atoms with Crippen LogP contribution in [0.5, 0.6) is 0 Å². The highest BCUT2D eigenvalue weighted by molar-refractivity contribution is 5.95. The zero-order valence-corrected chi connectivity index (χ0v) is 20.5. The van der Waals surface area contributed by atoms with Crippen LogP contribution in [0.1, 0.15) is 21.6 Å². The third-order valence-electron chi connectivity index (χ3n) is 6.01. The van der Waals surface area contributed by atoms with Crippen molar-refractivity contribution in [3.63, 3.8) is 0 Å². The van der Waals surface area contributed by atoms with Crippen LogP contribution in [0.25, 0.3) is 28.1 Å². The lowest BCUT2D eigenvalue weighted by Crippen LogP contribution is -2.18. The van der Waals surface area contributed by atoms with E-state index in [0.717, 1.165) is 33.6 Å². The maximum absolute atomic E-state index is 12.9. The number of hydrogen-bond acceptors (Lipinski definition) is 5. The number of aromatic nitrogens is 2. The molecule has 8 heteroatoms. The van der Waals surface area contributed by atoms with Crippen molar-refractivity contribution >= 4 is 17.8 Å². The van der Waals surface area contributed by atoms with Crippen molar-refractivity contribution in [3.05, 3.63) is 136 Å².